The molecule has 9 heteroatoms. The molecule has 8 nitrogen and oxygen atoms in total. The number of pyridine rings is 1. The van der Waals surface area contributed by atoms with Gasteiger partial charge in [-0.1, -0.05) is 31.9 Å². The van der Waals surface area contributed by atoms with Crippen molar-refractivity contribution < 1.29 is 14.7 Å². The second-order valence-electron chi connectivity index (χ2n) is 9.29. The maximum absolute atomic E-state index is 12.9. The van der Waals surface area contributed by atoms with Crippen LogP contribution in [0, 0.1) is 11.3 Å². The first-order chi connectivity index (χ1) is 14.7. The van der Waals surface area contributed by atoms with Crippen LogP contribution in [0.15, 0.2) is 18.5 Å². The summed E-state index contributed by atoms with van der Waals surface area (Å²) in [5.74, 6) is 0.0661. The lowest BCUT2D eigenvalue weighted by molar-refractivity contribution is -0.123. The Kier molecular flexibility index (Phi) is 5.79. The van der Waals surface area contributed by atoms with Crippen molar-refractivity contribution in [3.05, 3.63) is 29.2 Å². The Bertz CT molecular complexity index is 1020. The number of fused-ring (bicyclic) bond motifs is 1. The molecule has 0 aromatic carbocycles. The Morgan fingerprint density at radius 1 is 1.26 bits per heavy atom. The average molecular weight is 446 g/mol. The second-order valence-corrected chi connectivity index (χ2v) is 9.70. The molecular formula is C22H28ClN5O3. The molecule has 166 valence electrons. The first-order valence-corrected chi connectivity index (χ1v) is 11.0. The van der Waals surface area contributed by atoms with Gasteiger partial charge in [-0.25, -0.2) is 9.67 Å². The van der Waals surface area contributed by atoms with Crippen LogP contribution in [0.5, 0.6) is 0 Å². The largest absolute Gasteiger partial charge is 0.371 e. The minimum atomic E-state index is -0.695. The summed E-state index contributed by atoms with van der Waals surface area (Å²) in [6.07, 6.45) is 6.37. The normalized spacial score (nSPS) is 24.5. The standard InChI is InChI=1S/C22H28ClN5O3/c1-12(29)26-14-6-4-5-13(7-14)20(30)27-19-8-15(17(23)11-24-19)16-10-25-28-18(16)9-22(2,3)21(28)31/h8,10-11,13-14,21,31H,4-7,9H2,1-3H3,(H,26,29)(H,24,27,30). The first-order valence-electron chi connectivity index (χ1n) is 10.6. The van der Waals surface area contributed by atoms with Crippen molar-refractivity contribution in [2.24, 2.45) is 11.3 Å². The Morgan fingerprint density at radius 3 is 2.77 bits per heavy atom. The quantitative estimate of drug-likeness (QED) is 0.668. The Morgan fingerprint density at radius 2 is 2.03 bits per heavy atom. The zero-order valence-corrected chi connectivity index (χ0v) is 18.7. The number of amides is 2. The fraction of sp³-hybridized carbons (Fsp3) is 0.545. The van der Waals surface area contributed by atoms with Gasteiger partial charge in [-0.15, -0.1) is 0 Å². The molecule has 0 bridgehead atoms. The van der Waals surface area contributed by atoms with Crippen LogP contribution < -0.4 is 10.6 Å². The van der Waals surface area contributed by atoms with E-state index in [9.17, 15) is 14.7 Å². The molecule has 2 aromatic rings. The van der Waals surface area contributed by atoms with E-state index >= 15 is 0 Å². The van der Waals surface area contributed by atoms with Gasteiger partial charge in [-0.05, 0) is 31.7 Å². The first kappa shape index (κ1) is 21.8. The highest BCUT2D eigenvalue weighted by Crippen LogP contribution is 2.44. The molecule has 3 N–H and O–H groups in total. The van der Waals surface area contributed by atoms with Gasteiger partial charge in [-0.3, -0.25) is 9.59 Å². The molecule has 1 saturated carbocycles. The highest BCUT2D eigenvalue weighted by molar-refractivity contribution is 6.33. The number of hydrogen-bond donors (Lipinski definition) is 3. The minimum absolute atomic E-state index is 0.0283. The van der Waals surface area contributed by atoms with Crippen molar-refractivity contribution in [2.75, 3.05) is 5.32 Å². The maximum atomic E-state index is 12.9. The van der Waals surface area contributed by atoms with Gasteiger partial charge in [-0.2, -0.15) is 5.10 Å². The third kappa shape index (κ3) is 4.32. The Labute approximate surface area is 186 Å². The molecule has 2 aromatic heterocycles. The third-order valence-corrected chi connectivity index (χ3v) is 6.60. The number of carbonyl (C=O) groups excluding carboxylic acids is 2. The zero-order valence-electron chi connectivity index (χ0n) is 18.0. The number of aromatic nitrogens is 3. The summed E-state index contributed by atoms with van der Waals surface area (Å²) >= 11 is 6.43. The summed E-state index contributed by atoms with van der Waals surface area (Å²) in [4.78, 5) is 28.5. The summed E-state index contributed by atoms with van der Waals surface area (Å²) in [6, 6.07) is 1.78. The number of nitrogens with zero attached hydrogens (tertiary/aromatic N) is 3. The van der Waals surface area contributed by atoms with Crippen LogP contribution in [0.25, 0.3) is 11.1 Å². The molecule has 3 heterocycles. The lowest BCUT2D eigenvalue weighted by atomic mass is 9.85. The number of nitrogens with one attached hydrogen (secondary N) is 2. The average Bonchev–Trinajstić information content (AvgIpc) is 3.20. The van der Waals surface area contributed by atoms with E-state index in [0.717, 1.165) is 36.1 Å². The van der Waals surface area contributed by atoms with Gasteiger partial charge in [0.05, 0.1) is 16.9 Å². The van der Waals surface area contributed by atoms with E-state index in [1.165, 1.54) is 13.1 Å². The van der Waals surface area contributed by atoms with Gasteiger partial charge in [0, 0.05) is 41.6 Å². The monoisotopic (exact) mass is 445 g/mol. The van der Waals surface area contributed by atoms with E-state index in [4.69, 9.17) is 11.6 Å². The van der Waals surface area contributed by atoms with Gasteiger partial charge in [0.2, 0.25) is 11.8 Å². The van der Waals surface area contributed by atoms with Gasteiger partial charge in [0.15, 0.2) is 6.23 Å². The topological polar surface area (TPSA) is 109 Å². The second kappa shape index (κ2) is 8.24. The molecule has 1 fully saturated rings. The van der Waals surface area contributed by atoms with Gasteiger partial charge in [0.25, 0.3) is 0 Å². The molecule has 3 unspecified atom stereocenters. The smallest absolute Gasteiger partial charge is 0.228 e. The highest BCUT2D eigenvalue weighted by atomic mass is 35.5. The minimum Gasteiger partial charge on any atom is -0.371 e. The van der Waals surface area contributed by atoms with E-state index in [1.807, 2.05) is 13.8 Å². The van der Waals surface area contributed by atoms with Gasteiger partial charge >= 0.3 is 0 Å². The van der Waals surface area contributed by atoms with Crippen LogP contribution in [0.1, 0.15) is 58.4 Å². The number of halogens is 1. The predicted molar refractivity (Wildman–Crippen MR) is 117 cm³/mol. The maximum Gasteiger partial charge on any atom is 0.228 e. The summed E-state index contributed by atoms with van der Waals surface area (Å²) < 4.78 is 1.63. The molecule has 1 aliphatic carbocycles. The molecule has 1 aliphatic heterocycles. The Hall–Kier alpha value is -2.45. The fourth-order valence-electron chi connectivity index (χ4n) is 4.64. The van der Waals surface area contributed by atoms with Crippen LogP contribution >= 0.6 is 11.6 Å². The van der Waals surface area contributed by atoms with Crippen molar-refractivity contribution in [1.29, 1.82) is 0 Å². The van der Waals surface area contributed by atoms with Crippen LogP contribution in [0.4, 0.5) is 5.82 Å². The number of hydrogen-bond acceptors (Lipinski definition) is 5. The lowest BCUT2D eigenvalue weighted by Gasteiger charge is -2.28. The summed E-state index contributed by atoms with van der Waals surface area (Å²) in [5, 5.41) is 21.1. The highest BCUT2D eigenvalue weighted by Gasteiger charge is 2.40. The molecule has 3 atom stereocenters. The molecular weight excluding hydrogens is 418 g/mol. The molecule has 0 radical (unpaired) electrons. The summed E-state index contributed by atoms with van der Waals surface area (Å²) in [7, 11) is 0. The number of anilines is 1. The van der Waals surface area contributed by atoms with Gasteiger partial charge < -0.3 is 15.7 Å². The number of rotatable bonds is 4. The third-order valence-electron chi connectivity index (χ3n) is 6.30. The number of carbonyl (C=O) groups is 2. The van der Waals surface area contributed by atoms with E-state index < -0.39 is 6.23 Å². The van der Waals surface area contributed by atoms with Crippen LogP contribution in [0.3, 0.4) is 0 Å². The lowest BCUT2D eigenvalue weighted by Crippen LogP contribution is -2.40. The molecule has 0 saturated heterocycles. The van der Waals surface area contributed by atoms with Gasteiger partial charge in [0.1, 0.15) is 5.82 Å². The predicted octanol–water partition coefficient (Wildman–Crippen LogP) is 3.31. The SMILES string of the molecule is CC(=O)NC1CCCC(C(=O)Nc2cc(-c3cnn4c3CC(C)(C)C4O)c(Cl)cn2)C1. The zero-order chi connectivity index (χ0) is 22.3. The molecule has 2 amide bonds. The molecule has 2 aliphatic rings. The van der Waals surface area contributed by atoms with Crippen molar-refractivity contribution in [3.8, 4) is 11.1 Å². The van der Waals surface area contributed by atoms with E-state index in [2.05, 4.69) is 20.7 Å². The van der Waals surface area contributed by atoms with Crippen molar-refractivity contribution in [2.45, 2.75) is 65.1 Å². The number of aliphatic hydroxyl groups excluding tert-OH is 1. The van der Waals surface area contributed by atoms with Crippen LogP contribution in [0.2, 0.25) is 5.02 Å². The van der Waals surface area contributed by atoms with Crippen molar-refractivity contribution >= 4 is 29.2 Å². The van der Waals surface area contributed by atoms with Crippen LogP contribution in [-0.2, 0) is 16.0 Å². The summed E-state index contributed by atoms with van der Waals surface area (Å²) in [5.41, 5.74) is 2.14. The summed E-state index contributed by atoms with van der Waals surface area (Å²) in [6.45, 7) is 5.49. The van der Waals surface area contributed by atoms with E-state index in [0.29, 0.717) is 23.7 Å². The fourth-order valence-corrected chi connectivity index (χ4v) is 4.85. The van der Waals surface area contributed by atoms with E-state index in [-0.39, 0.29) is 29.2 Å². The number of aliphatic hydroxyl groups is 1. The van der Waals surface area contributed by atoms with Crippen molar-refractivity contribution in [3.63, 3.8) is 0 Å². The molecule has 4 rings (SSSR count). The van der Waals surface area contributed by atoms with Crippen LogP contribution in [-0.4, -0.2) is 37.7 Å². The Balaban J connectivity index is 1.53. The molecule has 0 spiro atoms. The van der Waals surface area contributed by atoms with Crippen molar-refractivity contribution in [1.82, 2.24) is 20.1 Å². The molecule has 31 heavy (non-hydrogen) atoms. The van der Waals surface area contributed by atoms with E-state index in [1.54, 1.807) is 16.9 Å².